The summed E-state index contributed by atoms with van der Waals surface area (Å²) in [5, 5.41) is 1.26. The molecule has 1 unspecified atom stereocenters. The molecular formula is C12H20N2O3. The monoisotopic (exact) mass is 240 g/mol. The van der Waals surface area contributed by atoms with Gasteiger partial charge in [0.1, 0.15) is 0 Å². The Morgan fingerprint density at radius 1 is 1.24 bits per heavy atom. The first-order valence-corrected chi connectivity index (χ1v) is 6.24. The molecule has 1 saturated heterocycles. The van der Waals surface area contributed by atoms with Crippen LogP contribution in [0.3, 0.4) is 0 Å². The minimum absolute atomic E-state index is 0.0270. The third kappa shape index (κ3) is 2.77. The van der Waals surface area contributed by atoms with Crippen molar-refractivity contribution in [2.45, 2.75) is 25.7 Å². The smallest absolute Gasteiger partial charge is 0.250 e. The van der Waals surface area contributed by atoms with Gasteiger partial charge in [-0.1, -0.05) is 0 Å². The normalized spacial score (nSPS) is 24.6. The Kier molecular flexibility index (Phi) is 3.66. The van der Waals surface area contributed by atoms with Gasteiger partial charge >= 0.3 is 0 Å². The molecule has 5 nitrogen and oxygen atoms in total. The number of rotatable bonds is 3. The van der Waals surface area contributed by atoms with Gasteiger partial charge in [-0.25, -0.2) is 5.06 Å². The Bertz CT molecular complexity index is 315. The largest absolute Gasteiger partial charge is 0.342 e. The number of amides is 2. The lowest BCUT2D eigenvalue weighted by molar-refractivity contribution is -0.175. The maximum Gasteiger partial charge on any atom is 0.250 e. The SMILES string of the molecule is CON(C)C(=O)C1CCCN(C(=O)C2CC2)C1. The van der Waals surface area contributed by atoms with Crippen molar-refractivity contribution >= 4 is 11.8 Å². The number of hydrogen-bond donors (Lipinski definition) is 0. The average molecular weight is 240 g/mol. The van der Waals surface area contributed by atoms with E-state index in [2.05, 4.69) is 0 Å². The maximum atomic E-state index is 11.9. The highest BCUT2D eigenvalue weighted by molar-refractivity contribution is 5.83. The second-order valence-corrected chi connectivity index (χ2v) is 4.92. The molecule has 2 fully saturated rings. The summed E-state index contributed by atoms with van der Waals surface area (Å²) in [5.74, 6) is 0.351. The fourth-order valence-electron chi connectivity index (χ4n) is 2.31. The lowest BCUT2D eigenvalue weighted by atomic mass is 9.96. The Morgan fingerprint density at radius 3 is 2.53 bits per heavy atom. The minimum Gasteiger partial charge on any atom is -0.342 e. The van der Waals surface area contributed by atoms with Crippen LogP contribution in [0.5, 0.6) is 0 Å². The van der Waals surface area contributed by atoms with E-state index < -0.39 is 0 Å². The molecule has 17 heavy (non-hydrogen) atoms. The van der Waals surface area contributed by atoms with E-state index >= 15 is 0 Å². The van der Waals surface area contributed by atoms with Crippen molar-refractivity contribution in [1.82, 2.24) is 9.96 Å². The first-order chi connectivity index (χ1) is 8.13. The fraction of sp³-hybridized carbons (Fsp3) is 0.833. The molecule has 1 atom stereocenters. The highest BCUT2D eigenvalue weighted by Crippen LogP contribution is 2.32. The summed E-state index contributed by atoms with van der Waals surface area (Å²) in [7, 11) is 3.10. The standard InChI is InChI=1S/C12H20N2O3/c1-13(17-2)11(15)10-4-3-7-14(8-10)12(16)9-5-6-9/h9-10H,3-8H2,1-2H3. The first kappa shape index (κ1) is 12.4. The highest BCUT2D eigenvalue weighted by Gasteiger charge is 2.37. The van der Waals surface area contributed by atoms with Crippen LogP contribution in [0.25, 0.3) is 0 Å². The van der Waals surface area contributed by atoms with Crippen molar-refractivity contribution in [2.24, 2.45) is 11.8 Å². The molecule has 0 aromatic rings. The van der Waals surface area contributed by atoms with Crippen LogP contribution in [0.2, 0.25) is 0 Å². The Hall–Kier alpha value is -1.10. The number of nitrogens with zero attached hydrogens (tertiary/aromatic N) is 2. The molecule has 1 saturated carbocycles. The summed E-state index contributed by atoms with van der Waals surface area (Å²) in [6.45, 7) is 1.36. The van der Waals surface area contributed by atoms with E-state index in [0.717, 1.165) is 32.2 Å². The van der Waals surface area contributed by atoms with E-state index in [1.807, 2.05) is 4.90 Å². The van der Waals surface area contributed by atoms with Crippen LogP contribution in [0.4, 0.5) is 0 Å². The van der Waals surface area contributed by atoms with Gasteiger partial charge in [0.15, 0.2) is 0 Å². The quantitative estimate of drug-likeness (QED) is 0.681. The summed E-state index contributed by atoms with van der Waals surface area (Å²) >= 11 is 0. The van der Waals surface area contributed by atoms with Crippen LogP contribution >= 0.6 is 0 Å². The van der Waals surface area contributed by atoms with Crippen molar-refractivity contribution in [2.75, 3.05) is 27.2 Å². The topological polar surface area (TPSA) is 49.9 Å². The van der Waals surface area contributed by atoms with Crippen molar-refractivity contribution in [1.29, 1.82) is 0 Å². The van der Waals surface area contributed by atoms with Crippen molar-refractivity contribution in [3.8, 4) is 0 Å². The van der Waals surface area contributed by atoms with E-state index in [1.165, 1.54) is 12.2 Å². The molecule has 1 aliphatic carbocycles. The molecule has 1 aliphatic heterocycles. The van der Waals surface area contributed by atoms with E-state index in [1.54, 1.807) is 7.05 Å². The maximum absolute atomic E-state index is 11.9. The zero-order valence-electron chi connectivity index (χ0n) is 10.5. The van der Waals surface area contributed by atoms with Crippen LogP contribution in [-0.2, 0) is 14.4 Å². The van der Waals surface area contributed by atoms with Gasteiger partial charge in [0.05, 0.1) is 13.0 Å². The van der Waals surface area contributed by atoms with Crippen LogP contribution < -0.4 is 0 Å². The van der Waals surface area contributed by atoms with Crippen LogP contribution in [0.15, 0.2) is 0 Å². The fourth-order valence-corrected chi connectivity index (χ4v) is 2.31. The predicted octanol–water partition coefficient (Wildman–Crippen LogP) is 0.655. The van der Waals surface area contributed by atoms with Gasteiger partial charge in [0.25, 0.3) is 5.91 Å². The number of hydroxylamine groups is 2. The van der Waals surface area contributed by atoms with Crippen LogP contribution in [0.1, 0.15) is 25.7 Å². The molecule has 2 rings (SSSR count). The molecule has 1 heterocycles. The molecule has 0 bridgehead atoms. The third-order valence-electron chi connectivity index (χ3n) is 3.59. The van der Waals surface area contributed by atoms with Gasteiger partial charge in [-0.3, -0.25) is 14.4 Å². The van der Waals surface area contributed by atoms with Crippen molar-refractivity contribution < 1.29 is 14.4 Å². The van der Waals surface area contributed by atoms with E-state index in [9.17, 15) is 9.59 Å². The zero-order valence-corrected chi connectivity index (χ0v) is 10.5. The summed E-state index contributed by atoms with van der Waals surface area (Å²) in [6.07, 6.45) is 3.80. The molecule has 0 spiro atoms. The average Bonchev–Trinajstić information content (AvgIpc) is 3.20. The van der Waals surface area contributed by atoms with Gasteiger partial charge in [-0.15, -0.1) is 0 Å². The second kappa shape index (κ2) is 5.04. The van der Waals surface area contributed by atoms with Crippen LogP contribution in [0, 0.1) is 11.8 Å². The summed E-state index contributed by atoms with van der Waals surface area (Å²) in [5.41, 5.74) is 0. The third-order valence-corrected chi connectivity index (χ3v) is 3.59. The number of carbonyl (C=O) groups is 2. The number of hydrogen-bond acceptors (Lipinski definition) is 3. The van der Waals surface area contributed by atoms with Gasteiger partial charge < -0.3 is 4.90 Å². The molecule has 0 radical (unpaired) electrons. The molecule has 0 N–H and O–H groups in total. The van der Waals surface area contributed by atoms with Crippen LogP contribution in [-0.4, -0.2) is 49.0 Å². The number of piperidine rings is 1. The van der Waals surface area contributed by atoms with Gasteiger partial charge in [0, 0.05) is 26.1 Å². The number of carbonyl (C=O) groups excluding carboxylic acids is 2. The second-order valence-electron chi connectivity index (χ2n) is 4.92. The highest BCUT2D eigenvalue weighted by atomic mass is 16.7. The molecule has 0 aromatic heterocycles. The Balaban J connectivity index is 1.92. The van der Waals surface area contributed by atoms with Gasteiger partial charge in [-0.2, -0.15) is 0 Å². The Morgan fingerprint density at radius 2 is 1.94 bits per heavy atom. The molecule has 0 aromatic carbocycles. The van der Waals surface area contributed by atoms with E-state index in [4.69, 9.17) is 4.84 Å². The first-order valence-electron chi connectivity index (χ1n) is 6.24. The number of likely N-dealkylation sites (tertiary alicyclic amines) is 1. The van der Waals surface area contributed by atoms with E-state index in [-0.39, 0.29) is 23.7 Å². The van der Waals surface area contributed by atoms with E-state index in [0.29, 0.717) is 6.54 Å². The summed E-state index contributed by atoms with van der Waals surface area (Å²) in [6, 6.07) is 0. The predicted molar refractivity (Wildman–Crippen MR) is 61.8 cm³/mol. The molecule has 5 heteroatoms. The molecule has 2 amide bonds. The van der Waals surface area contributed by atoms with Gasteiger partial charge in [-0.05, 0) is 25.7 Å². The molecule has 2 aliphatic rings. The van der Waals surface area contributed by atoms with Crippen molar-refractivity contribution in [3.05, 3.63) is 0 Å². The lowest BCUT2D eigenvalue weighted by Crippen LogP contribution is -2.46. The van der Waals surface area contributed by atoms with Crippen molar-refractivity contribution in [3.63, 3.8) is 0 Å². The lowest BCUT2D eigenvalue weighted by Gasteiger charge is -2.33. The molecule has 96 valence electrons. The Labute approximate surface area is 102 Å². The van der Waals surface area contributed by atoms with Gasteiger partial charge in [0.2, 0.25) is 5.91 Å². The zero-order chi connectivity index (χ0) is 12.4. The minimum atomic E-state index is -0.101. The summed E-state index contributed by atoms with van der Waals surface area (Å²) in [4.78, 5) is 30.6. The summed E-state index contributed by atoms with van der Waals surface area (Å²) < 4.78 is 0. The molecular weight excluding hydrogens is 220 g/mol.